The zero-order chi connectivity index (χ0) is 27.1. The molecule has 7 nitrogen and oxygen atoms in total. The van der Waals surface area contributed by atoms with E-state index in [4.69, 9.17) is 9.47 Å². The number of aryl methyl sites for hydroxylation is 1. The number of ether oxygens (including phenoxy) is 2. The summed E-state index contributed by atoms with van der Waals surface area (Å²) >= 11 is 0. The second kappa shape index (κ2) is 12.4. The van der Waals surface area contributed by atoms with Crippen molar-refractivity contribution in [3.05, 3.63) is 94.8 Å². The molecule has 1 fully saturated rings. The summed E-state index contributed by atoms with van der Waals surface area (Å²) in [6, 6.07) is 15.4. The van der Waals surface area contributed by atoms with E-state index in [0.29, 0.717) is 35.8 Å². The predicted molar refractivity (Wildman–Crippen MR) is 146 cm³/mol. The maximum atomic E-state index is 13.4. The molecule has 0 aliphatic carbocycles. The van der Waals surface area contributed by atoms with Crippen molar-refractivity contribution in [1.82, 2.24) is 9.88 Å². The maximum absolute atomic E-state index is 13.4. The first-order chi connectivity index (χ1) is 18.4. The van der Waals surface area contributed by atoms with Crippen molar-refractivity contribution in [2.24, 2.45) is 0 Å². The number of carbonyl (C=O) groups excluding carboxylic acids is 2. The van der Waals surface area contributed by atoms with Gasteiger partial charge in [-0.2, -0.15) is 0 Å². The fourth-order valence-corrected chi connectivity index (χ4v) is 4.56. The number of amides is 1. The Bertz CT molecular complexity index is 1300. The van der Waals surface area contributed by atoms with E-state index in [-0.39, 0.29) is 17.9 Å². The molecule has 4 rings (SSSR count). The number of likely N-dealkylation sites (tertiary alicyclic amines) is 1. The summed E-state index contributed by atoms with van der Waals surface area (Å²) in [7, 11) is 0. The highest BCUT2D eigenvalue weighted by Gasteiger charge is 2.46. The quantitative estimate of drug-likeness (QED) is 0.147. The molecule has 7 heteroatoms. The van der Waals surface area contributed by atoms with Crippen LogP contribution in [0.2, 0.25) is 0 Å². The number of Topliss-reactive ketones (excluding diaryl/α,β-unsaturated/α-hetero) is 1. The van der Waals surface area contributed by atoms with Gasteiger partial charge in [-0.05, 0) is 55.7 Å². The summed E-state index contributed by atoms with van der Waals surface area (Å²) in [5.41, 5.74) is 3.02. The molecular formula is C31H34N2O5. The van der Waals surface area contributed by atoms with E-state index in [9.17, 15) is 14.7 Å². The Balaban J connectivity index is 1.80. The van der Waals surface area contributed by atoms with Crippen LogP contribution in [-0.4, -0.2) is 39.9 Å². The third kappa shape index (κ3) is 5.88. The molecular weight excluding hydrogens is 480 g/mol. The third-order valence-corrected chi connectivity index (χ3v) is 6.56. The number of hydrogen-bond donors (Lipinski definition) is 1. The number of carbonyl (C=O) groups is 2. The number of unbranched alkanes of at least 4 members (excludes halogenated alkanes) is 2. The fraction of sp³-hybridized carbons (Fsp3) is 0.323. The van der Waals surface area contributed by atoms with Crippen LogP contribution < -0.4 is 9.47 Å². The fourth-order valence-electron chi connectivity index (χ4n) is 4.56. The van der Waals surface area contributed by atoms with Gasteiger partial charge in [0, 0.05) is 24.5 Å². The highest BCUT2D eigenvalue weighted by atomic mass is 16.5. The lowest BCUT2D eigenvalue weighted by atomic mass is 9.94. The average molecular weight is 515 g/mol. The number of ketones is 1. The van der Waals surface area contributed by atoms with E-state index in [0.717, 1.165) is 30.4 Å². The van der Waals surface area contributed by atoms with Crippen molar-refractivity contribution in [2.75, 3.05) is 13.2 Å². The van der Waals surface area contributed by atoms with Crippen LogP contribution in [0.5, 0.6) is 11.5 Å². The van der Waals surface area contributed by atoms with Crippen LogP contribution in [-0.2, 0) is 16.1 Å². The molecule has 2 aromatic carbocycles. The molecule has 0 saturated carbocycles. The number of hydrogen-bond acceptors (Lipinski definition) is 6. The molecule has 1 amide bonds. The molecule has 3 aromatic rings. The van der Waals surface area contributed by atoms with Crippen molar-refractivity contribution in [3.8, 4) is 11.5 Å². The van der Waals surface area contributed by atoms with Crippen LogP contribution in [0.3, 0.4) is 0 Å². The Kier molecular flexibility index (Phi) is 8.79. The monoisotopic (exact) mass is 514 g/mol. The Labute approximate surface area is 223 Å². The van der Waals surface area contributed by atoms with Gasteiger partial charge >= 0.3 is 0 Å². The molecule has 0 radical (unpaired) electrons. The summed E-state index contributed by atoms with van der Waals surface area (Å²) in [6.07, 6.45) is 6.39. The Morgan fingerprint density at radius 3 is 2.37 bits per heavy atom. The maximum Gasteiger partial charge on any atom is 0.295 e. The standard InChI is InChI=1S/C31H34N2O5/c1-4-6-7-18-38-25-13-12-24(19-26(25)37-5-2)28-27(29(34)23-10-8-21(3)9-11-23)30(35)31(36)33(28)20-22-14-16-32-17-15-22/h8-17,19,28,34H,4-7,18,20H2,1-3H3/b29-27+. The second-order valence-corrected chi connectivity index (χ2v) is 9.34. The van der Waals surface area contributed by atoms with Crippen LogP contribution in [0.4, 0.5) is 0 Å². The van der Waals surface area contributed by atoms with E-state index in [2.05, 4.69) is 11.9 Å². The summed E-state index contributed by atoms with van der Waals surface area (Å²) in [4.78, 5) is 32.2. The van der Waals surface area contributed by atoms with Gasteiger partial charge in [0.2, 0.25) is 0 Å². The third-order valence-electron chi connectivity index (χ3n) is 6.56. The molecule has 38 heavy (non-hydrogen) atoms. The Morgan fingerprint density at radius 1 is 0.947 bits per heavy atom. The number of aromatic nitrogens is 1. The Hall–Kier alpha value is -4.13. The van der Waals surface area contributed by atoms with Crippen LogP contribution >= 0.6 is 0 Å². The highest BCUT2D eigenvalue weighted by Crippen LogP contribution is 2.42. The van der Waals surface area contributed by atoms with Gasteiger partial charge in [0.25, 0.3) is 11.7 Å². The lowest BCUT2D eigenvalue weighted by molar-refractivity contribution is -0.140. The van der Waals surface area contributed by atoms with Gasteiger partial charge in [0.05, 0.1) is 24.8 Å². The lowest BCUT2D eigenvalue weighted by Crippen LogP contribution is -2.29. The minimum atomic E-state index is -0.808. The molecule has 0 bridgehead atoms. The number of aliphatic hydroxyl groups excluding tert-OH is 1. The lowest BCUT2D eigenvalue weighted by Gasteiger charge is -2.26. The normalized spacial score (nSPS) is 16.6. The molecule has 1 atom stereocenters. The molecule has 1 aliphatic rings. The first-order valence-electron chi connectivity index (χ1n) is 13.1. The number of nitrogens with zero attached hydrogens (tertiary/aromatic N) is 2. The number of pyridine rings is 1. The zero-order valence-electron chi connectivity index (χ0n) is 22.1. The minimum Gasteiger partial charge on any atom is -0.507 e. The topological polar surface area (TPSA) is 89.0 Å². The molecule has 198 valence electrons. The van der Waals surface area contributed by atoms with Crippen molar-refractivity contribution >= 4 is 17.4 Å². The van der Waals surface area contributed by atoms with Gasteiger partial charge in [-0.25, -0.2) is 0 Å². The molecule has 1 saturated heterocycles. The van der Waals surface area contributed by atoms with E-state index in [1.165, 1.54) is 4.90 Å². The molecule has 1 unspecified atom stereocenters. The SMILES string of the molecule is CCCCCOc1ccc(C2/C(=C(\O)c3ccc(C)cc3)C(=O)C(=O)N2Cc2ccncc2)cc1OCC. The molecule has 1 aromatic heterocycles. The smallest absolute Gasteiger partial charge is 0.295 e. The zero-order valence-corrected chi connectivity index (χ0v) is 22.1. The first-order valence-corrected chi connectivity index (χ1v) is 13.1. The van der Waals surface area contributed by atoms with Crippen molar-refractivity contribution in [3.63, 3.8) is 0 Å². The van der Waals surface area contributed by atoms with Gasteiger partial charge in [-0.3, -0.25) is 14.6 Å². The molecule has 1 aliphatic heterocycles. The van der Waals surface area contributed by atoms with E-state index in [1.54, 1.807) is 42.7 Å². The van der Waals surface area contributed by atoms with Crippen molar-refractivity contribution < 1.29 is 24.2 Å². The van der Waals surface area contributed by atoms with Crippen molar-refractivity contribution in [1.29, 1.82) is 0 Å². The van der Waals surface area contributed by atoms with Gasteiger partial charge < -0.3 is 19.5 Å². The van der Waals surface area contributed by atoms with E-state index in [1.807, 2.05) is 38.1 Å². The second-order valence-electron chi connectivity index (χ2n) is 9.34. The molecule has 0 spiro atoms. The summed E-state index contributed by atoms with van der Waals surface area (Å²) in [6.45, 7) is 7.15. The van der Waals surface area contributed by atoms with Crippen LogP contribution in [0.15, 0.2) is 72.6 Å². The largest absolute Gasteiger partial charge is 0.507 e. The summed E-state index contributed by atoms with van der Waals surface area (Å²) < 4.78 is 11.9. The molecule has 2 heterocycles. The summed E-state index contributed by atoms with van der Waals surface area (Å²) in [5.74, 6) is -0.454. The highest BCUT2D eigenvalue weighted by molar-refractivity contribution is 6.46. The van der Waals surface area contributed by atoms with Crippen LogP contribution in [0.25, 0.3) is 5.76 Å². The first kappa shape index (κ1) is 26.9. The average Bonchev–Trinajstić information content (AvgIpc) is 3.17. The van der Waals surface area contributed by atoms with Gasteiger partial charge in [0.15, 0.2) is 11.5 Å². The predicted octanol–water partition coefficient (Wildman–Crippen LogP) is 5.98. The van der Waals surface area contributed by atoms with E-state index >= 15 is 0 Å². The Morgan fingerprint density at radius 2 is 1.68 bits per heavy atom. The number of aliphatic hydroxyl groups is 1. The van der Waals surface area contributed by atoms with Crippen LogP contribution in [0, 0.1) is 6.92 Å². The van der Waals surface area contributed by atoms with Crippen LogP contribution in [0.1, 0.15) is 61.4 Å². The van der Waals surface area contributed by atoms with Crippen molar-refractivity contribution in [2.45, 2.75) is 52.6 Å². The van der Waals surface area contributed by atoms with Gasteiger partial charge in [-0.1, -0.05) is 55.7 Å². The van der Waals surface area contributed by atoms with Gasteiger partial charge in [0.1, 0.15) is 5.76 Å². The molecule has 1 N–H and O–H groups in total. The van der Waals surface area contributed by atoms with Gasteiger partial charge in [-0.15, -0.1) is 0 Å². The number of benzene rings is 2. The summed E-state index contributed by atoms with van der Waals surface area (Å²) in [5, 5.41) is 11.3. The number of rotatable bonds is 11. The van der Waals surface area contributed by atoms with E-state index < -0.39 is 17.7 Å². The minimum absolute atomic E-state index is 0.0481.